The van der Waals surface area contributed by atoms with Gasteiger partial charge in [-0.15, -0.1) is 0 Å². The van der Waals surface area contributed by atoms with E-state index in [0.717, 1.165) is 13.0 Å². The highest BCUT2D eigenvalue weighted by Crippen LogP contribution is 2.11. The maximum absolute atomic E-state index is 10.8. The van der Waals surface area contributed by atoms with Crippen molar-refractivity contribution in [1.29, 1.82) is 0 Å². The van der Waals surface area contributed by atoms with E-state index in [1.165, 1.54) is 77.7 Å². The molecular weight excluding hydrogens is 250 g/mol. The summed E-state index contributed by atoms with van der Waals surface area (Å²) in [5.74, 6) is -0.177. The molecule has 0 aliphatic rings. The molecule has 0 aromatic carbocycles. The van der Waals surface area contributed by atoms with E-state index in [1.54, 1.807) is 0 Å². The lowest BCUT2D eigenvalue weighted by atomic mass is 10.1. The molecule has 0 aromatic rings. The Labute approximate surface area is 125 Å². The maximum Gasteiger partial charge on any atom is 0.319 e. The summed E-state index contributed by atoms with van der Waals surface area (Å²) in [6, 6.07) is 0. The van der Waals surface area contributed by atoms with Crippen LogP contribution in [0.3, 0.4) is 0 Å². The van der Waals surface area contributed by atoms with Gasteiger partial charge >= 0.3 is 5.97 Å². The third-order valence-electron chi connectivity index (χ3n) is 3.70. The summed E-state index contributed by atoms with van der Waals surface area (Å²) >= 11 is 0. The van der Waals surface area contributed by atoms with Gasteiger partial charge in [0.1, 0.15) is 0 Å². The molecule has 3 nitrogen and oxygen atoms in total. The maximum atomic E-state index is 10.8. The standard InChI is InChI=1S/C17H35NO2/c1-3-4-5-6-7-8-9-10-11-12-13-14-15-18-16-17(19)20-2/h18H,3-16H2,1-2H3. The molecule has 3 heteroatoms. The van der Waals surface area contributed by atoms with Gasteiger partial charge in [-0.25, -0.2) is 0 Å². The van der Waals surface area contributed by atoms with E-state index in [9.17, 15) is 4.79 Å². The Hall–Kier alpha value is -0.570. The highest BCUT2D eigenvalue weighted by atomic mass is 16.5. The normalized spacial score (nSPS) is 10.7. The highest BCUT2D eigenvalue weighted by molar-refractivity contribution is 5.71. The molecule has 0 spiro atoms. The minimum Gasteiger partial charge on any atom is -0.468 e. The number of rotatable bonds is 15. The van der Waals surface area contributed by atoms with Crippen molar-refractivity contribution in [3.8, 4) is 0 Å². The van der Waals surface area contributed by atoms with Crippen molar-refractivity contribution < 1.29 is 9.53 Å². The lowest BCUT2D eigenvalue weighted by molar-refractivity contribution is -0.139. The summed E-state index contributed by atoms with van der Waals surface area (Å²) in [6.45, 7) is 3.53. The van der Waals surface area contributed by atoms with Crippen LogP contribution in [0.1, 0.15) is 84.0 Å². The molecule has 0 aromatic heterocycles. The van der Waals surface area contributed by atoms with Gasteiger partial charge in [0, 0.05) is 0 Å². The van der Waals surface area contributed by atoms with E-state index in [-0.39, 0.29) is 5.97 Å². The van der Waals surface area contributed by atoms with Gasteiger partial charge in [0.05, 0.1) is 13.7 Å². The minimum absolute atomic E-state index is 0.177. The molecule has 1 N–H and O–H groups in total. The molecule has 0 aliphatic heterocycles. The zero-order chi connectivity index (χ0) is 14.9. The van der Waals surface area contributed by atoms with Gasteiger partial charge in [-0.3, -0.25) is 4.79 Å². The first kappa shape index (κ1) is 19.4. The van der Waals surface area contributed by atoms with Crippen LogP contribution in [0.4, 0.5) is 0 Å². The second-order valence-corrected chi connectivity index (χ2v) is 5.64. The van der Waals surface area contributed by atoms with E-state index >= 15 is 0 Å². The smallest absolute Gasteiger partial charge is 0.319 e. The predicted octanol–water partition coefficient (Wildman–Crippen LogP) is 4.45. The Bertz CT molecular complexity index is 207. The molecule has 0 amide bonds. The molecule has 0 fully saturated rings. The zero-order valence-electron chi connectivity index (χ0n) is 13.7. The molecule has 0 heterocycles. The van der Waals surface area contributed by atoms with Crippen molar-refractivity contribution in [3.05, 3.63) is 0 Å². The van der Waals surface area contributed by atoms with E-state index in [4.69, 9.17) is 0 Å². The van der Waals surface area contributed by atoms with E-state index in [1.807, 2.05) is 0 Å². The topological polar surface area (TPSA) is 38.3 Å². The summed E-state index contributed by atoms with van der Waals surface area (Å²) in [6.07, 6.45) is 16.4. The predicted molar refractivity (Wildman–Crippen MR) is 86.0 cm³/mol. The summed E-state index contributed by atoms with van der Waals surface area (Å²) < 4.78 is 4.56. The Morgan fingerprint density at radius 2 is 1.25 bits per heavy atom. The third-order valence-corrected chi connectivity index (χ3v) is 3.70. The monoisotopic (exact) mass is 285 g/mol. The van der Waals surface area contributed by atoms with Crippen LogP contribution in [0, 0.1) is 0 Å². The van der Waals surface area contributed by atoms with Gasteiger partial charge in [-0.05, 0) is 13.0 Å². The molecule has 0 rings (SSSR count). The van der Waals surface area contributed by atoms with Crippen molar-refractivity contribution in [3.63, 3.8) is 0 Å². The minimum atomic E-state index is -0.177. The third kappa shape index (κ3) is 15.5. The van der Waals surface area contributed by atoms with Gasteiger partial charge in [0.15, 0.2) is 0 Å². The van der Waals surface area contributed by atoms with Crippen LogP contribution in [0.2, 0.25) is 0 Å². The quantitative estimate of drug-likeness (QED) is 0.357. The Morgan fingerprint density at radius 1 is 0.800 bits per heavy atom. The summed E-state index contributed by atoms with van der Waals surface area (Å²) in [4.78, 5) is 10.8. The molecule has 0 aliphatic carbocycles. The van der Waals surface area contributed by atoms with Crippen LogP contribution in [0.15, 0.2) is 0 Å². The first-order valence-corrected chi connectivity index (χ1v) is 8.58. The lowest BCUT2D eigenvalue weighted by Gasteiger charge is -2.04. The number of hydrogen-bond donors (Lipinski definition) is 1. The van der Waals surface area contributed by atoms with Crippen molar-refractivity contribution in [2.24, 2.45) is 0 Å². The summed E-state index contributed by atoms with van der Waals surface area (Å²) in [5.41, 5.74) is 0. The fourth-order valence-corrected chi connectivity index (χ4v) is 2.35. The van der Waals surface area contributed by atoms with Gasteiger partial charge in [-0.2, -0.15) is 0 Å². The largest absolute Gasteiger partial charge is 0.468 e. The number of esters is 1. The average Bonchev–Trinajstić information content (AvgIpc) is 2.47. The van der Waals surface area contributed by atoms with E-state index in [0.29, 0.717) is 6.54 Å². The van der Waals surface area contributed by atoms with E-state index in [2.05, 4.69) is 17.0 Å². The van der Waals surface area contributed by atoms with Crippen molar-refractivity contribution in [2.75, 3.05) is 20.2 Å². The second-order valence-electron chi connectivity index (χ2n) is 5.64. The number of carbonyl (C=O) groups excluding carboxylic acids is 1. The summed E-state index contributed by atoms with van der Waals surface area (Å²) in [5, 5.41) is 3.10. The fraction of sp³-hybridized carbons (Fsp3) is 0.941. The second kappa shape index (κ2) is 16.5. The SMILES string of the molecule is CCCCCCCCCCCCCCNCC(=O)OC. The van der Waals surface area contributed by atoms with Gasteiger partial charge in [0.2, 0.25) is 0 Å². The van der Waals surface area contributed by atoms with Crippen LogP contribution in [0.25, 0.3) is 0 Å². The van der Waals surface area contributed by atoms with Crippen molar-refractivity contribution in [1.82, 2.24) is 5.32 Å². The van der Waals surface area contributed by atoms with Gasteiger partial charge < -0.3 is 10.1 Å². The molecule has 0 bridgehead atoms. The molecule has 0 radical (unpaired) electrons. The summed E-state index contributed by atoms with van der Waals surface area (Å²) in [7, 11) is 1.42. The van der Waals surface area contributed by atoms with Crippen LogP contribution in [-0.2, 0) is 9.53 Å². The Balaban J connectivity index is 2.97. The Kier molecular flexibility index (Phi) is 16.0. The molecular formula is C17H35NO2. The zero-order valence-corrected chi connectivity index (χ0v) is 13.7. The number of methoxy groups -OCH3 is 1. The number of hydrogen-bond acceptors (Lipinski definition) is 3. The highest BCUT2D eigenvalue weighted by Gasteiger charge is 1.97. The lowest BCUT2D eigenvalue weighted by Crippen LogP contribution is -2.24. The van der Waals surface area contributed by atoms with Crippen molar-refractivity contribution in [2.45, 2.75) is 84.0 Å². The van der Waals surface area contributed by atoms with Crippen LogP contribution in [-0.4, -0.2) is 26.2 Å². The number of nitrogens with one attached hydrogen (secondary N) is 1. The first-order chi connectivity index (χ1) is 9.81. The average molecular weight is 285 g/mol. The molecule has 0 saturated carbocycles. The first-order valence-electron chi connectivity index (χ1n) is 8.58. The van der Waals surface area contributed by atoms with Gasteiger partial charge in [-0.1, -0.05) is 77.6 Å². The molecule has 20 heavy (non-hydrogen) atoms. The number of ether oxygens (including phenoxy) is 1. The Morgan fingerprint density at radius 3 is 1.70 bits per heavy atom. The molecule has 0 unspecified atom stereocenters. The number of carbonyl (C=O) groups is 1. The van der Waals surface area contributed by atoms with Gasteiger partial charge in [0.25, 0.3) is 0 Å². The number of unbranched alkanes of at least 4 members (excludes halogenated alkanes) is 11. The van der Waals surface area contributed by atoms with Crippen LogP contribution < -0.4 is 5.32 Å². The van der Waals surface area contributed by atoms with Crippen molar-refractivity contribution >= 4 is 5.97 Å². The molecule has 0 saturated heterocycles. The van der Waals surface area contributed by atoms with Crippen LogP contribution >= 0.6 is 0 Å². The van der Waals surface area contributed by atoms with E-state index < -0.39 is 0 Å². The molecule has 0 atom stereocenters. The fourth-order valence-electron chi connectivity index (χ4n) is 2.35. The molecule has 120 valence electrons. The van der Waals surface area contributed by atoms with Crippen LogP contribution in [0.5, 0.6) is 0 Å².